The summed E-state index contributed by atoms with van der Waals surface area (Å²) in [5, 5.41) is 9.54. The third-order valence-electron chi connectivity index (χ3n) is 2.54. The van der Waals surface area contributed by atoms with E-state index in [1.807, 2.05) is 0 Å². The van der Waals surface area contributed by atoms with Gasteiger partial charge < -0.3 is 30.7 Å². The maximum absolute atomic E-state index is 11.4. The lowest BCUT2D eigenvalue weighted by Crippen LogP contribution is -2.43. The van der Waals surface area contributed by atoms with Crippen molar-refractivity contribution in [1.29, 1.82) is 0 Å². The zero-order chi connectivity index (χ0) is 16.2. The highest BCUT2D eigenvalue weighted by Crippen LogP contribution is 1.78. The van der Waals surface area contributed by atoms with Crippen molar-refractivity contribution in [1.82, 2.24) is 21.3 Å². The molecule has 0 aromatic heterocycles. The topological polar surface area (TPSA) is 135 Å². The number of hydrogen-bond acceptors (Lipinski definition) is 6. The van der Waals surface area contributed by atoms with Crippen LogP contribution in [0.15, 0.2) is 0 Å². The Bertz CT molecular complexity index is 340. The summed E-state index contributed by atoms with van der Waals surface area (Å²) < 4.78 is 10.3. The molecule has 1 aliphatic heterocycles. The van der Waals surface area contributed by atoms with Crippen molar-refractivity contribution in [3.8, 4) is 0 Å². The predicted molar refractivity (Wildman–Crippen MR) is 73.7 cm³/mol. The van der Waals surface area contributed by atoms with Gasteiger partial charge in [-0.1, -0.05) is 0 Å². The lowest BCUT2D eigenvalue weighted by Gasteiger charge is -2.10. The second kappa shape index (κ2) is 10.5. The van der Waals surface area contributed by atoms with E-state index in [1.165, 1.54) is 0 Å². The lowest BCUT2D eigenvalue weighted by atomic mass is 10.5. The van der Waals surface area contributed by atoms with Gasteiger partial charge in [-0.25, -0.2) is 0 Å². The Hall–Kier alpha value is -2.20. The first kappa shape index (κ1) is 17.9. The van der Waals surface area contributed by atoms with Gasteiger partial charge in [0.25, 0.3) is 0 Å². The zero-order valence-electron chi connectivity index (χ0n) is 12.1. The number of rotatable bonds is 0. The van der Waals surface area contributed by atoms with E-state index in [0.29, 0.717) is 0 Å². The van der Waals surface area contributed by atoms with E-state index in [9.17, 15) is 19.2 Å². The van der Waals surface area contributed by atoms with Gasteiger partial charge in [0.15, 0.2) is 0 Å². The van der Waals surface area contributed by atoms with Gasteiger partial charge >= 0.3 is 23.6 Å². The van der Waals surface area contributed by atoms with Gasteiger partial charge in [0.1, 0.15) is 0 Å². The molecule has 0 radical (unpaired) electrons. The molecule has 10 heteroatoms. The van der Waals surface area contributed by atoms with Crippen LogP contribution in [0.2, 0.25) is 0 Å². The number of amides is 4. The van der Waals surface area contributed by atoms with Crippen molar-refractivity contribution in [3.05, 3.63) is 0 Å². The van der Waals surface area contributed by atoms with Crippen LogP contribution in [0, 0.1) is 0 Å². The molecule has 4 amide bonds. The van der Waals surface area contributed by atoms with Crippen LogP contribution in [0.5, 0.6) is 0 Å². The van der Waals surface area contributed by atoms with Gasteiger partial charge in [-0.05, 0) is 0 Å². The molecule has 0 spiro atoms. The van der Waals surface area contributed by atoms with Crippen molar-refractivity contribution >= 4 is 23.6 Å². The summed E-state index contributed by atoms with van der Waals surface area (Å²) in [6, 6.07) is 0. The maximum atomic E-state index is 11.4. The van der Waals surface area contributed by atoms with E-state index in [0.717, 1.165) is 0 Å². The number of carbonyl (C=O) groups is 4. The molecule has 0 unspecified atom stereocenters. The summed E-state index contributed by atoms with van der Waals surface area (Å²) in [5.74, 6) is -2.98. The van der Waals surface area contributed by atoms with Crippen LogP contribution in [0.3, 0.4) is 0 Å². The minimum Gasteiger partial charge on any atom is -0.378 e. The van der Waals surface area contributed by atoms with Crippen LogP contribution in [0.25, 0.3) is 0 Å². The predicted octanol–water partition coefficient (Wildman–Crippen LogP) is -3.50. The monoisotopic (exact) mass is 316 g/mol. The normalized spacial score (nSPS) is 20.7. The summed E-state index contributed by atoms with van der Waals surface area (Å²) in [7, 11) is 0. The van der Waals surface area contributed by atoms with Gasteiger partial charge in [0.2, 0.25) is 0 Å². The summed E-state index contributed by atoms with van der Waals surface area (Å²) >= 11 is 0. The van der Waals surface area contributed by atoms with Crippen LogP contribution in [-0.2, 0) is 28.7 Å². The number of ether oxygens (including phenoxy) is 2. The van der Waals surface area contributed by atoms with E-state index < -0.39 is 23.6 Å². The molecule has 4 N–H and O–H groups in total. The molecule has 0 aromatic carbocycles. The van der Waals surface area contributed by atoms with Gasteiger partial charge in [-0.3, -0.25) is 19.2 Å². The summed E-state index contributed by atoms with van der Waals surface area (Å²) in [6.45, 7) is 1.39. The quantitative estimate of drug-likeness (QED) is 0.343. The molecule has 1 fully saturated rings. The van der Waals surface area contributed by atoms with Crippen molar-refractivity contribution in [2.45, 2.75) is 0 Å². The van der Waals surface area contributed by atoms with E-state index in [1.54, 1.807) is 0 Å². The molecule has 124 valence electrons. The van der Waals surface area contributed by atoms with Crippen molar-refractivity contribution < 1.29 is 28.7 Å². The molecule has 1 saturated heterocycles. The third-order valence-corrected chi connectivity index (χ3v) is 2.54. The lowest BCUT2D eigenvalue weighted by molar-refractivity contribution is -0.139. The van der Waals surface area contributed by atoms with Gasteiger partial charge in [0, 0.05) is 26.2 Å². The molecular weight excluding hydrogens is 296 g/mol. The molecule has 1 heterocycles. The molecule has 0 aliphatic carbocycles. The first-order chi connectivity index (χ1) is 10.6. The van der Waals surface area contributed by atoms with Crippen molar-refractivity contribution in [2.75, 3.05) is 52.6 Å². The van der Waals surface area contributed by atoms with Crippen LogP contribution in [-0.4, -0.2) is 76.2 Å². The molecular formula is C12H20N4O6. The second-order valence-corrected chi connectivity index (χ2v) is 4.25. The highest BCUT2D eigenvalue weighted by Gasteiger charge is 2.13. The van der Waals surface area contributed by atoms with E-state index in [4.69, 9.17) is 9.47 Å². The van der Waals surface area contributed by atoms with Crippen LogP contribution in [0.4, 0.5) is 0 Å². The SMILES string of the molecule is O=C1NCCOCCNC(=O)C(=O)NCCOCCNC1=O. The minimum absolute atomic E-state index is 0.164. The Morgan fingerprint density at radius 2 is 0.727 bits per heavy atom. The van der Waals surface area contributed by atoms with E-state index >= 15 is 0 Å². The molecule has 0 saturated carbocycles. The molecule has 1 rings (SSSR count). The Morgan fingerprint density at radius 3 is 0.955 bits per heavy atom. The largest absolute Gasteiger partial charge is 0.378 e. The molecule has 10 nitrogen and oxygen atoms in total. The highest BCUT2D eigenvalue weighted by atomic mass is 16.5. The third kappa shape index (κ3) is 7.55. The Labute approximate surface area is 127 Å². The van der Waals surface area contributed by atoms with Crippen LogP contribution >= 0.6 is 0 Å². The minimum atomic E-state index is -0.745. The fourth-order valence-electron chi connectivity index (χ4n) is 1.47. The first-order valence-corrected chi connectivity index (χ1v) is 6.89. The van der Waals surface area contributed by atoms with Gasteiger partial charge in [-0.15, -0.1) is 0 Å². The maximum Gasteiger partial charge on any atom is 0.309 e. The van der Waals surface area contributed by atoms with Gasteiger partial charge in [0.05, 0.1) is 26.4 Å². The summed E-state index contributed by atoms with van der Waals surface area (Å²) in [5.41, 5.74) is 0. The molecule has 0 aromatic rings. The fourth-order valence-corrected chi connectivity index (χ4v) is 1.47. The zero-order valence-corrected chi connectivity index (χ0v) is 12.1. The fraction of sp³-hybridized carbons (Fsp3) is 0.667. The average Bonchev–Trinajstić information content (AvgIpc) is 2.51. The van der Waals surface area contributed by atoms with Crippen LogP contribution < -0.4 is 21.3 Å². The summed E-state index contributed by atoms with van der Waals surface area (Å²) in [4.78, 5) is 45.4. The highest BCUT2D eigenvalue weighted by molar-refractivity contribution is 6.35. The van der Waals surface area contributed by atoms with Crippen molar-refractivity contribution in [2.24, 2.45) is 0 Å². The second-order valence-electron chi connectivity index (χ2n) is 4.25. The summed E-state index contributed by atoms with van der Waals surface area (Å²) in [6.07, 6.45) is 0. The Morgan fingerprint density at radius 1 is 0.500 bits per heavy atom. The molecule has 22 heavy (non-hydrogen) atoms. The average molecular weight is 316 g/mol. The Kier molecular flexibility index (Phi) is 8.53. The van der Waals surface area contributed by atoms with E-state index in [-0.39, 0.29) is 52.6 Å². The standard InChI is InChI=1S/C12H20N4O6/c17-9-10(18)14-3-7-22-8-4-16-12(20)11(19)15-2-6-21-5-1-13-9/h1-8H2,(H,13,17)(H,14,18)(H,15,19)(H,16,20). The Balaban J connectivity index is 2.38. The molecule has 0 atom stereocenters. The number of carbonyl (C=O) groups excluding carboxylic acids is 4. The van der Waals surface area contributed by atoms with Crippen LogP contribution in [0.1, 0.15) is 0 Å². The van der Waals surface area contributed by atoms with E-state index in [2.05, 4.69) is 21.3 Å². The number of hydrogen-bond donors (Lipinski definition) is 4. The van der Waals surface area contributed by atoms with Crippen molar-refractivity contribution in [3.63, 3.8) is 0 Å². The van der Waals surface area contributed by atoms with Gasteiger partial charge in [-0.2, -0.15) is 0 Å². The molecule has 0 bridgehead atoms. The smallest absolute Gasteiger partial charge is 0.309 e. The first-order valence-electron chi connectivity index (χ1n) is 6.89. The number of nitrogens with one attached hydrogen (secondary N) is 4. The molecule has 1 aliphatic rings.